The Morgan fingerprint density at radius 2 is 1.68 bits per heavy atom. The molecule has 0 radical (unpaired) electrons. The smallest absolute Gasteiger partial charge is 0.408 e. The molecule has 4 N–H and O–H groups in total. The number of alkyl carbamates (subject to hydrolysis) is 1. The topological polar surface area (TPSA) is 106 Å². The number of hydrogen-bond donors (Lipinski definition) is 3. The lowest BCUT2D eigenvalue weighted by atomic mass is 9.98. The van der Waals surface area contributed by atoms with Gasteiger partial charge in [0, 0.05) is 12.2 Å². The van der Waals surface area contributed by atoms with Gasteiger partial charge in [0.15, 0.2) is 0 Å². The van der Waals surface area contributed by atoms with Crippen LogP contribution in [0.25, 0.3) is 0 Å². The Bertz CT molecular complexity index is 1180. The van der Waals surface area contributed by atoms with E-state index in [9.17, 15) is 9.59 Å². The molecule has 0 saturated carbocycles. The van der Waals surface area contributed by atoms with E-state index in [4.69, 9.17) is 15.2 Å². The third-order valence-electron chi connectivity index (χ3n) is 6.70. The van der Waals surface area contributed by atoms with Crippen LogP contribution in [-0.4, -0.2) is 43.6 Å². The Labute approximate surface area is 224 Å². The van der Waals surface area contributed by atoms with Gasteiger partial charge in [0.05, 0.1) is 6.61 Å². The number of hydrogen-bond acceptors (Lipinski definition) is 6. The standard InChI is InChI=1S/C30H36N4O4/c1-34-16-14-23(15-17-34)20-37-27-12-10-25(11-13-27)28(29(35)32-26-9-5-8-24(18-26)19-31)33-30(36)38-21-22-6-3-2-4-7-22/h2-13,18,23,28H,14-17,19-21,31H2,1H3,(H,32,35)(H,33,36)/t28-/m1/s1. The number of nitrogens with zero attached hydrogens (tertiary/aromatic N) is 1. The maximum Gasteiger partial charge on any atom is 0.408 e. The lowest BCUT2D eigenvalue weighted by molar-refractivity contribution is -0.118. The minimum atomic E-state index is -0.970. The number of nitrogens with two attached hydrogens (primary N) is 1. The second kappa shape index (κ2) is 13.6. The third kappa shape index (κ3) is 8.06. The summed E-state index contributed by atoms with van der Waals surface area (Å²) in [5, 5.41) is 5.60. The molecule has 2 amide bonds. The van der Waals surface area contributed by atoms with Crippen LogP contribution in [-0.2, 0) is 22.7 Å². The quantitative estimate of drug-likeness (QED) is 0.367. The van der Waals surface area contributed by atoms with Crippen LogP contribution in [0.1, 0.15) is 35.6 Å². The molecule has 8 heteroatoms. The van der Waals surface area contributed by atoms with Crippen molar-refractivity contribution < 1.29 is 19.1 Å². The van der Waals surface area contributed by atoms with E-state index in [1.165, 1.54) is 0 Å². The Morgan fingerprint density at radius 3 is 2.39 bits per heavy atom. The fraction of sp³-hybridized carbons (Fsp3) is 0.333. The van der Waals surface area contributed by atoms with Crippen molar-refractivity contribution in [3.63, 3.8) is 0 Å². The van der Waals surface area contributed by atoms with Gasteiger partial charge < -0.3 is 30.7 Å². The summed E-state index contributed by atoms with van der Waals surface area (Å²) in [6.45, 7) is 3.30. The van der Waals surface area contributed by atoms with Crippen molar-refractivity contribution in [2.24, 2.45) is 11.7 Å². The summed E-state index contributed by atoms with van der Waals surface area (Å²) in [4.78, 5) is 28.3. The van der Waals surface area contributed by atoms with Crippen molar-refractivity contribution >= 4 is 17.7 Å². The summed E-state index contributed by atoms with van der Waals surface area (Å²) < 4.78 is 11.4. The van der Waals surface area contributed by atoms with Gasteiger partial charge in [-0.05, 0) is 79.9 Å². The van der Waals surface area contributed by atoms with Gasteiger partial charge in [-0.3, -0.25) is 4.79 Å². The molecule has 0 aromatic heterocycles. The monoisotopic (exact) mass is 516 g/mol. The Balaban J connectivity index is 1.43. The number of benzene rings is 3. The first kappa shape index (κ1) is 27.2. The van der Waals surface area contributed by atoms with Crippen LogP contribution in [0, 0.1) is 5.92 Å². The molecule has 3 aromatic carbocycles. The number of anilines is 1. The van der Waals surface area contributed by atoms with E-state index in [2.05, 4.69) is 22.6 Å². The van der Waals surface area contributed by atoms with Crippen LogP contribution in [0.15, 0.2) is 78.9 Å². The molecule has 0 bridgehead atoms. The van der Waals surface area contributed by atoms with Crippen LogP contribution in [0.2, 0.25) is 0 Å². The minimum absolute atomic E-state index is 0.100. The highest BCUT2D eigenvalue weighted by Crippen LogP contribution is 2.23. The van der Waals surface area contributed by atoms with Gasteiger partial charge in [0.25, 0.3) is 5.91 Å². The molecule has 1 aliphatic rings. The Hall–Kier alpha value is -3.88. The molecule has 0 aliphatic carbocycles. The fourth-order valence-electron chi connectivity index (χ4n) is 4.37. The number of carbonyl (C=O) groups excluding carboxylic acids is 2. The van der Waals surface area contributed by atoms with Crippen LogP contribution < -0.4 is 21.1 Å². The minimum Gasteiger partial charge on any atom is -0.493 e. The number of piperidine rings is 1. The van der Waals surface area contributed by atoms with Crippen molar-refractivity contribution in [3.05, 3.63) is 95.6 Å². The number of nitrogens with one attached hydrogen (secondary N) is 2. The molecule has 3 aromatic rings. The maximum absolute atomic E-state index is 13.3. The van der Waals surface area contributed by atoms with E-state index in [0.717, 1.165) is 42.8 Å². The largest absolute Gasteiger partial charge is 0.493 e. The van der Waals surface area contributed by atoms with E-state index in [-0.39, 0.29) is 6.61 Å². The van der Waals surface area contributed by atoms with Gasteiger partial charge in [0.2, 0.25) is 0 Å². The van der Waals surface area contributed by atoms with Crippen LogP contribution in [0.5, 0.6) is 5.75 Å². The van der Waals surface area contributed by atoms with Crippen molar-refractivity contribution in [1.29, 1.82) is 0 Å². The maximum atomic E-state index is 13.3. The molecule has 0 spiro atoms. The highest BCUT2D eigenvalue weighted by Gasteiger charge is 2.24. The second-order valence-electron chi connectivity index (χ2n) is 9.66. The summed E-state index contributed by atoms with van der Waals surface area (Å²) in [5.41, 5.74) is 8.69. The zero-order valence-corrected chi connectivity index (χ0v) is 21.8. The SMILES string of the molecule is CN1CCC(COc2ccc([C@@H](NC(=O)OCc3ccccc3)C(=O)Nc3cccc(CN)c3)cc2)CC1. The summed E-state index contributed by atoms with van der Waals surface area (Å²) in [7, 11) is 2.14. The predicted octanol–water partition coefficient (Wildman–Crippen LogP) is 4.47. The highest BCUT2D eigenvalue weighted by atomic mass is 16.5. The van der Waals surface area contributed by atoms with Crippen LogP contribution in [0.4, 0.5) is 10.5 Å². The van der Waals surface area contributed by atoms with Gasteiger partial charge in [-0.1, -0.05) is 54.6 Å². The lowest BCUT2D eigenvalue weighted by Gasteiger charge is -2.28. The Morgan fingerprint density at radius 1 is 0.974 bits per heavy atom. The number of likely N-dealkylation sites (tertiary alicyclic amines) is 1. The number of amides is 2. The predicted molar refractivity (Wildman–Crippen MR) is 148 cm³/mol. The van der Waals surface area contributed by atoms with E-state index < -0.39 is 18.0 Å². The van der Waals surface area contributed by atoms with Crippen molar-refractivity contribution in [1.82, 2.24) is 10.2 Å². The first-order valence-corrected chi connectivity index (χ1v) is 13.0. The van der Waals surface area contributed by atoms with E-state index in [1.54, 1.807) is 18.2 Å². The molecule has 200 valence electrons. The molecule has 38 heavy (non-hydrogen) atoms. The summed E-state index contributed by atoms with van der Waals surface area (Å²) >= 11 is 0. The molecule has 1 fully saturated rings. The fourth-order valence-corrected chi connectivity index (χ4v) is 4.37. The summed E-state index contributed by atoms with van der Waals surface area (Å²) in [6, 6.07) is 23.0. The zero-order chi connectivity index (χ0) is 26.7. The van der Waals surface area contributed by atoms with Crippen molar-refractivity contribution in [2.75, 3.05) is 32.1 Å². The van der Waals surface area contributed by atoms with E-state index >= 15 is 0 Å². The molecule has 1 heterocycles. The van der Waals surface area contributed by atoms with E-state index in [1.807, 2.05) is 60.7 Å². The van der Waals surface area contributed by atoms with E-state index in [0.29, 0.717) is 30.3 Å². The molecule has 0 unspecified atom stereocenters. The van der Waals surface area contributed by atoms with Gasteiger partial charge in [-0.15, -0.1) is 0 Å². The molecule has 1 saturated heterocycles. The average molecular weight is 517 g/mol. The van der Waals surface area contributed by atoms with Gasteiger partial charge in [-0.25, -0.2) is 4.79 Å². The molecule has 1 atom stereocenters. The normalized spacial score (nSPS) is 14.9. The zero-order valence-electron chi connectivity index (χ0n) is 21.8. The molecular formula is C30H36N4O4. The first-order valence-electron chi connectivity index (χ1n) is 13.0. The Kier molecular flexibility index (Phi) is 9.72. The molecule has 1 aliphatic heterocycles. The average Bonchev–Trinajstić information content (AvgIpc) is 2.95. The third-order valence-corrected chi connectivity index (χ3v) is 6.70. The van der Waals surface area contributed by atoms with Crippen LogP contribution in [0.3, 0.4) is 0 Å². The number of rotatable bonds is 10. The van der Waals surface area contributed by atoms with Gasteiger partial charge in [0.1, 0.15) is 18.4 Å². The van der Waals surface area contributed by atoms with Gasteiger partial charge in [-0.2, -0.15) is 0 Å². The first-order chi connectivity index (χ1) is 18.5. The number of carbonyl (C=O) groups is 2. The van der Waals surface area contributed by atoms with Crippen molar-refractivity contribution in [3.8, 4) is 5.75 Å². The molecule has 4 rings (SSSR count). The summed E-state index contributed by atoms with van der Waals surface area (Å²) in [6.07, 6.45) is 1.56. The van der Waals surface area contributed by atoms with Crippen LogP contribution >= 0.6 is 0 Å². The number of ether oxygens (including phenoxy) is 2. The molecular weight excluding hydrogens is 480 g/mol. The summed E-state index contributed by atoms with van der Waals surface area (Å²) in [5.74, 6) is 0.875. The second-order valence-corrected chi connectivity index (χ2v) is 9.66. The lowest BCUT2D eigenvalue weighted by Crippen LogP contribution is -2.37. The van der Waals surface area contributed by atoms with Gasteiger partial charge >= 0.3 is 6.09 Å². The van der Waals surface area contributed by atoms with Crippen molar-refractivity contribution in [2.45, 2.75) is 32.0 Å². The highest BCUT2D eigenvalue weighted by molar-refractivity contribution is 5.97. The molecule has 8 nitrogen and oxygen atoms in total.